The number of nitrogens with one attached hydrogen (secondary N) is 1. The summed E-state index contributed by atoms with van der Waals surface area (Å²) in [6.07, 6.45) is 3.05. The Kier molecular flexibility index (Phi) is 5.57. The number of likely N-dealkylation sites (tertiary alicyclic amines) is 1. The Bertz CT molecular complexity index is 566. The van der Waals surface area contributed by atoms with Gasteiger partial charge in [-0.3, -0.25) is 9.69 Å². The monoisotopic (exact) mass is 336 g/mol. The van der Waals surface area contributed by atoms with Crippen LogP contribution in [0.4, 0.5) is 10.5 Å². The lowest BCUT2D eigenvalue weighted by molar-refractivity contribution is -0.120. The minimum absolute atomic E-state index is 0.162. The Morgan fingerprint density at radius 1 is 1.26 bits per heavy atom. The molecule has 1 N–H and O–H groups in total. The van der Waals surface area contributed by atoms with Gasteiger partial charge >= 0.3 is 6.09 Å². The highest BCUT2D eigenvalue weighted by Gasteiger charge is 2.36. The molecule has 126 valence electrons. The third-order valence-electron chi connectivity index (χ3n) is 3.54. The van der Waals surface area contributed by atoms with Gasteiger partial charge in [-0.15, -0.1) is 11.8 Å². The maximum atomic E-state index is 12.5. The van der Waals surface area contributed by atoms with Crippen LogP contribution in [0.3, 0.4) is 0 Å². The molecule has 1 fully saturated rings. The summed E-state index contributed by atoms with van der Waals surface area (Å²) in [7, 11) is 0. The van der Waals surface area contributed by atoms with Gasteiger partial charge in [0.05, 0.1) is 0 Å². The van der Waals surface area contributed by atoms with E-state index < -0.39 is 17.7 Å². The number of nitrogens with zero attached hydrogens (tertiary/aromatic N) is 1. The predicted molar refractivity (Wildman–Crippen MR) is 92.8 cm³/mol. The van der Waals surface area contributed by atoms with Gasteiger partial charge in [0.25, 0.3) is 0 Å². The van der Waals surface area contributed by atoms with Crippen molar-refractivity contribution < 1.29 is 14.3 Å². The first-order chi connectivity index (χ1) is 10.8. The summed E-state index contributed by atoms with van der Waals surface area (Å²) in [5.41, 5.74) is 0.179. The van der Waals surface area contributed by atoms with Gasteiger partial charge < -0.3 is 10.1 Å². The number of ether oxygens (including phenoxy) is 1. The predicted octanol–water partition coefficient (Wildman–Crippen LogP) is 3.75. The zero-order chi connectivity index (χ0) is 17.0. The first-order valence-electron chi connectivity index (χ1n) is 7.75. The van der Waals surface area contributed by atoms with Crippen LogP contribution >= 0.6 is 11.8 Å². The third kappa shape index (κ3) is 4.89. The molecule has 0 spiro atoms. The number of amides is 2. The molecule has 6 heteroatoms. The summed E-state index contributed by atoms with van der Waals surface area (Å²) in [5, 5.41) is 2.89. The molecule has 0 radical (unpaired) electrons. The summed E-state index contributed by atoms with van der Waals surface area (Å²) in [6.45, 7) is 6.02. The van der Waals surface area contributed by atoms with Crippen LogP contribution in [0.2, 0.25) is 0 Å². The van der Waals surface area contributed by atoms with Gasteiger partial charge in [-0.1, -0.05) is 0 Å². The van der Waals surface area contributed by atoms with Crippen molar-refractivity contribution in [3.8, 4) is 0 Å². The van der Waals surface area contributed by atoms with E-state index in [9.17, 15) is 9.59 Å². The van der Waals surface area contributed by atoms with E-state index in [0.29, 0.717) is 13.0 Å². The van der Waals surface area contributed by atoms with Crippen molar-refractivity contribution >= 4 is 29.4 Å². The highest BCUT2D eigenvalue weighted by atomic mass is 32.2. The lowest BCUT2D eigenvalue weighted by Gasteiger charge is -2.28. The van der Waals surface area contributed by atoms with Crippen LogP contribution in [0, 0.1) is 0 Å². The quantitative estimate of drug-likeness (QED) is 0.854. The van der Waals surface area contributed by atoms with E-state index in [1.165, 1.54) is 4.90 Å². The third-order valence-corrected chi connectivity index (χ3v) is 4.28. The molecular formula is C17H24N2O3S. The molecule has 23 heavy (non-hydrogen) atoms. The number of rotatable bonds is 3. The Balaban J connectivity index is 2.00. The van der Waals surface area contributed by atoms with Gasteiger partial charge in [0.1, 0.15) is 11.6 Å². The molecule has 0 saturated carbocycles. The number of benzene rings is 1. The van der Waals surface area contributed by atoms with E-state index in [1.54, 1.807) is 11.8 Å². The second kappa shape index (κ2) is 7.25. The van der Waals surface area contributed by atoms with Crippen LogP contribution < -0.4 is 5.32 Å². The molecule has 5 nitrogen and oxygen atoms in total. The van der Waals surface area contributed by atoms with Crippen molar-refractivity contribution in [3.63, 3.8) is 0 Å². The molecule has 0 aliphatic carbocycles. The second-order valence-corrected chi connectivity index (χ2v) is 7.43. The zero-order valence-electron chi connectivity index (χ0n) is 14.1. The zero-order valence-corrected chi connectivity index (χ0v) is 14.9. The summed E-state index contributed by atoms with van der Waals surface area (Å²) < 4.78 is 5.39. The topological polar surface area (TPSA) is 58.6 Å². The number of hydrogen-bond donors (Lipinski definition) is 1. The van der Waals surface area contributed by atoms with Crippen LogP contribution in [-0.2, 0) is 9.53 Å². The van der Waals surface area contributed by atoms with Gasteiger partial charge in [-0.2, -0.15) is 0 Å². The fourth-order valence-corrected chi connectivity index (χ4v) is 2.89. The molecule has 2 amide bonds. The number of carbonyl (C=O) groups is 2. The number of thioether (sulfide) groups is 1. The van der Waals surface area contributed by atoms with Crippen LogP contribution in [-0.4, -0.2) is 41.3 Å². The maximum absolute atomic E-state index is 12.5. The van der Waals surface area contributed by atoms with Crippen molar-refractivity contribution in [2.45, 2.75) is 50.2 Å². The SMILES string of the molecule is CSc1ccc(NC(=O)C2CCCN2C(=O)OC(C)(C)C)cc1. The van der Waals surface area contributed by atoms with E-state index in [1.807, 2.05) is 51.3 Å². The Morgan fingerprint density at radius 3 is 2.48 bits per heavy atom. The largest absolute Gasteiger partial charge is 0.444 e. The van der Waals surface area contributed by atoms with Crippen LogP contribution in [0.25, 0.3) is 0 Å². The Labute approximate surface area is 141 Å². The normalized spacial score (nSPS) is 17.9. The highest BCUT2D eigenvalue weighted by molar-refractivity contribution is 7.98. The molecule has 0 bridgehead atoms. The molecule has 1 saturated heterocycles. The Morgan fingerprint density at radius 2 is 1.91 bits per heavy atom. The number of anilines is 1. The smallest absolute Gasteiger partial charge is 0.410 e. The molecule has 1 aliphatic rings. The average Bonchev–Trinajstić information content (AvgIpc) is 2.96. The maximum Gasteiger partial charge on any atom is 0.410 e. The fourth-order valence-electron chi connectivity index (χ4n) is 2.48. The molecule has 2 rings (SSSR count). The second-order valence-electron chi connectivity index (χ2n) is 6.55. The molecule has 1 atom stereocenters. The lowest BCUT2D eigenvalue weighted by atomic mass is 10.2. The van der Waals surface area contributed by atoms with Gasteiger partial charge in [-0.25, -0.2) is 4.79 Å². The van der Waals surface area contributed by atoms with Crippen molar-refractivity contribution in [2.24, 2.45) is 0 Å². The van der Waals surface area contributed by atoms with Gasteiger partial charge in [0.15, 0.2) is 0 Å². The van der Waals surface area contributed by atoms with Crippen molar-refractivity contribution in [3.05, 3.63) is 24.3 Å². The molecule has 1 aliphatic heterocycles. The Hall–Kier alpha value is -1.69. The molecular weight excluding hydrogens is 312 g/mol. The van der Waals surface area contributed by atoms with E-state index in [0.717, 1.165) is 17.0 Å². The fraction of sp³-hybridized carbons (Fsp3) is 0.529. The number of hydrogen-bond acceptors (Lipinski definition) is 4. The van der Waals surface area contributed by atoms with Crippen LogP contribution in [0.1, 0.15) is 33.6 Å². The molecule has 1 aromatic rings. The van der Waals surface area contributed by atoms with E-state index >= 15 is 0 Å². The molecule has 1 aromatic carbocycles. The average molecular weight is 336 g/mol. The van der Waals surface area contributed by atoms with Crippen molar-refractivity contribution in [1.29, 1.82) is 0 Å². The summed E-state index contributed by atoms with van der Waals surface area (Å²) >= 11 is 1.65. The van der Waals surface area contributed by atoms with Crippen LogP contribution in [0.5, 0.6) is 0 Å². The molecule has 1 heterocycles. The molecule has 1 unspecified atom stereocenters. The summed E-state index contributed by atoms with van der Waals surface area (Å²) in [5.74, 6) is -0.162. The first-order valence-corrected chi connectivity index (χ1v) is 8.97. The standard InChI is InChI=1S/C17H24N2O3S/c1-17(2,3)22-16(21)19-11-5-6-14(19)15(20)18-12-7-9-13(23-4)10-8-12/h7-10,14H,5-6,11H2,1-4H3,(H,18,20). The minimum Gasteiger partial charge on any atom is -0.444 e. The first kappa shape index (κ1) is 17.7. The van der Waals surface area contributed by atoms with E-state index in [2.05, 4.69) is 5.32 Å². The summed E-state index contributed by atoms with van der Waals surface area (Å²) in [4.78, 5) is 27.4. The highest BCUT2D eigenvalue weighted by Crippen LogP contribution is 2.23. The minimum atomic E-state index is -0.561. The molecule has 0 aromatic heterocycles. The van der Waals surface area contributed by atoms with E-state index in [4.69, 9.17) is 4.74 Å². The lowest BCUT2D eigenvalue weighted by Crippen LogP contribution is -2.45. The summed E-state index contributed by atoms with van der Waals surface area (Å²) in [6, 6.07) is 7.19. The van der Waals surface area contributed by atoms with Crippen molar-refractivity contribution in [1.82, 2.24) is 4.90 Å². The van der Waals surface area contributed by atoms with E-state index in [-0.39, 0.29) is 5.91 Å². The van der Waals surface area contributed by atoms with Gasteiger partial charge in [0, 0.05) is 17.1 Å². The van der Waals surface area contributed by atoms with Gasteiger partial charge in [0.2, 0.25) is 5.91 Å². The number of carbonyl (C=O) groups excluding carboxylic acids is 2. The van der Waals surface area contributed by atoms with Crippen LogP contribution in [0.15, 0.2) is 29.2 Å². The van der Waals surface area contributed by atoms with Gasteiger partial charge in [-0.05, 0) is 64.1 Å². The van der Waals surface area contributed by atoms with Crippen molar-refractivity contribution in [2.75, 3.05) is 18.1 Å².